The van der Waals surface area contributed by atoms with Crippen molar-refractivity contribution in [3.63, 3.8) is 0 Å². The van der Waals surface area contributed by atoms with E-state index < -0.39 is 12.0 Å². The Kier molecular flexibility index (Phi) is 5.19. The summed E-state index contributed by atoms with van der Waals surface area (Å²) in [5.74, 6) is -0.293. The van der Waals surface area contributed by atoms with Crippen LogP contribution in [0.3, 0.4) is 0 Å². The number of amides is 2. The molecule has 6 nitrogen and oxygen atoms in total. The zero-order valence-corrected chi connectivity index (χ0v) is 12.9. The van der Waals surface area contributed by atoms with Gasteiger partial charge in [0.2, 0.25) is 0 Å². The minimum absolute atomic E-state index is 0.0311. The molecule has 0 atom stereocenters. The van der Waals surface area contributed by atoms with Gasteiger partial charge in [-0.2, -0.15) is 0 Å². The minimum atomic E-state index is -1.01. The van der Waals surface area contributed by atoms with E-state index in [4.69, 9.17) is 9.84 Å². The second-order valence-electron chi connectivity index (χ2n) is 5.00. The van der Waals surface area contributed by atoms with Crippen molar-refractivity contribution >= 4 is 17.7 Å². The van der Waals surface area contributed by atoms with E-state index in [-0.39, 0.29) is 12.3 Å². The van der Waals surface area contributed by atoms with Crippen LogP contribution in [0, 0.1) is 13.8 Å². The summed E-state index contributed by atoms with van der Waals surface area (Å²) in [7, 11) is 0. The van der Waals surface area contributed by atoms with Gasteiger partial charge in [0.05, 0.1) is 5.56 Å². The second kappa shape index (κ2) is 7.31. The van der Waals surface area contributed by atoms with Crippen molar-refractivity contribution in [1.29, 1.82) is 0 Å². The quantitative estimate of drug-likeness (QED) is 0.740. The standard InChI is InChI=1S/C17H18N2O4/c1-11-4-3-5-15(12(11)2)23-10-18-17(22)19-14-8-6-13(7-9-14)16(20)21/h3-9H,10H2,1-2H3,(H,20,21)(H2,18,19,22). The number of nitrogens with one attached hydrogen (secondary N) is 2. The first-order valence-electron chi connectivity index (χ1n) is 7.04. The molecule has 0 aliphatic carbocycles. The Morgan fingerprint density at radius 1 is 1.09 bits per heavy atom. The van der Waals surface area contributed by atoms with Crippen molar-refractivity contribution in [1.82, 2.24) is 5.32 Å². The van der Waals surface area contributed by atoms with E-state index in [1.807, 2.05) is 32.0 Å². The smallest absolute Gasteiger partial charge is 0.335 e. The van der Waals surface area contributed by atoms with Gasteiger partial charge in [-0.15, -0.1) is 0 Å². The van der Waals surface area contributed by atoms with E-state index in [0.29, 0.717) is 5.69 Å². The van der Waals surface area contributed by atoms with Crippen LogP contribution in [0.4, 0.5) is 10.5 Å². The Balaban J connectivity index is 1.83. The van der Waals surface area contributed by atoms with Gasteiger partial charge in [-0.3, -0.25) is 0 Å². The van der Waals surface area contributed by atoms with Crippen LogP contribution in [0.1, 0.15) is 21.5 Å². The van der Waals surface area contributed by atoms with Crippen LogP contribution in [0.25, 0.3) is 0 Å². The first-order valence-corrected chi connectivity index (χ1v) is 7.04. The van der Waals surface area contributed by atoms with Crippen LogP contribution < -0.4 is 15.4 Å². The molecule has 0 aliphatic heterocycles. The number of ether oxygens (including phenoxy) is 1. The highest BCUT2D eigenvalue weighted by Gasteiger charge is 2.05. The number of carbonyl (C=O) groups is 2. The van der Waals surface area contributed by atoms with Crippen LogP contribution >= 0.6 is 0 Å². The molecule has 0 aliphatic rings. The van der Waals surface area contributed by atoms with E-state index in [1.165, 1.54) is 24.3 Å². The molecular formula is C17H18N2O4. The molecule has 2 amide bonds. The van der Waals surface area contributed by atoms with Gasteiger partial charge in [-0.25, -0.2) is 9.59 Å². The average molecular weight is 314 g/mol. The van der Waals surface area contributed by atoms with Crippen molar-refractivity contribution in [3.8, 4) is 5.75 Å². The lowest BCUT2D eigenvalue weighted by Crippen LogP contribution is -2.32. The number of hydrogen-bond donors (Lipinski definition) is 3. The Labute approximate surface area is 134 Å². The first kappa shape index (κ1) is 16.4. The molecule has 0 aromatic heterocycles. The molecular weight excluding hydrogens is 296 g/mol. The summed E-state index contributed by atoms with van der Waals surface area (Å²) in [5, 5.41) is 14.0. The molecule has 120 valence electrons. The first-order chi connectivity index (χ1) is 11.0. The van der Waals surface area contributed by atoms with Gasteiger partial charge in [0.1, 0.15) is 5.75 Å². The van der Waals surface area contributed by atoms with Gasteiger partial charge in [0.15, 0.2) is 6.73 Å². The van der Waals surface area contributed by atoms with Gasteiger partial charge in [-0.1, -0.05) is 12.1 Å². The number of benzene rings is 2. The Morgan fingerprint density at radius 3 is 2.43 bits per heavy atom. The lowest BCUT2D eigenvalue weighted by Gasteiger charge is -2.12. The van der Waals surface area contributed by atoms with Crippen LogP contribution in [0.5, 0.6) is 5.75 Å². The van der Waals surface area contributed by atoms with Gasteiger partial charge in [0, 0.05) is 5.69 Å². The number of carbonyl (C=O) groups excluding carboxylic acids is 1. The van der Waals surface area contributed by atoms with Gasteiger partial charge >= 0.3 is 12.0 Å². The van der Waals surface area contributed by atoms with E-state index in [2.05, 4.69) is 10.6 Å². The molecule has 0 spiro atoms. The largest absolute Gasteiger partial charge is 0.478 e. The zero-order chi connectivity index (χ0) is 16.8. The van der Waals surface area contributed by atoms with Crippen molar-refractivity contribution in [2.75, 3.05) is 12.0 Å². The van der Waals surface area contributed by atoms with E-state index >= 15 is 0 Å². The Bertz CT molecular complexity index is 711. The van der Waals surface area contributed by atoms with Crippen LogP contribution in [-0.2, 0) is 0 Å². The monoisotopic (exact) mass is 314 g/mol. The Hall–Kier alpha value is -3.02. The maximum Gasteiger partial charge on any atom is 0.335 e. The highest BCUT2D eigenvalue weighted by atomic mass is 16.5. The topological polar surface area (TPSA) is 87.7 Å². The summed E-state index contributed by atoms with van der Waals surface area (Å²) < 4.78 is 5.53. The molecule has 0 bridgehead atoms. The van der Waals surface area contributed by atoms with Gasteiger partial charge in [-0.05, 0) is 55.3 Å². The fourth-order valence-corrected chi connectivity index (χ4v) is 1.93. The number of anilines is 1. The number of urea groups is 1. The summed E-state index contributed by atoms with van der Waals surface area (Å²) in [6, 6.07) is 11.2. The number of carboxylic acids is 1. The summed E-state index contributed by atoms with van der Waals surface area (Å²) >= 11 is 0. The van der Waals surface area contributed by atoms with Crippen molar-refractivity contribution in [3.05, 3.63) is 59.2 Å². The van der Waals surface area contributed by atoms with Crippen molar-refractivity contribution < 1.29 is 19.4 Å². The second-order valence-corrected chi connectivity index (χ2v) is 5.00. The molecule has 3 N–H and O–H groups in total. The predicted octanol–water partition coefficient (Wildman–Crippen LogP) is 3.16. The molecule has 23 heavy (non-hydrogen) atoms. The molecule has 0 fully saturated rings. The van der Waals surface area contributed by atoms with E-state index in [1.54, 1.807) is 0 Å². The molecule has 0 saturated carbocycles. The normalized spacial score (nSPS) is 10.0. The summed E-state index contributed by atoms with van der Waals surface area (Å²) in [4.78, 5) is 22.5. The van der Waals surface area contributed by atoms with E-state index in [9.17, 15) is 9.59 Å². The third-order valence-electron chi connectivity index (χ3n) is 3.41. The SMILES string of the molecule is Cc1cccc(OCNC(=O)Nc2ccc(C(=O)O)cc2)c1C. The van der Waals surface area contributed by atoms with Gasteiger partial charge < -0.3 is 20.5 Å². The number of aromatic carboxylic acids is 1. The lowest BCUT2D eigenvalue weighted by atomic mass is 10.1. The average Bonchev–Trinajstić information content (AvgIpc) is 2.52. The Morgan fingerprint density at radius 2 is 1.78 bits per heavy atom. The van der Waals surface area contributed by atoms with Crippen molar-refractivity contribution in [2.45, 2.75) is 13.8 Å². The summed E-state index contributed by atoms with van der Waals surface area (Å²) in [6.07, 6.45) is 0. The van der Waals surface area contributed by atoms with E-state index in [0.717, 1.165) is 16.9 Å². The predicted molar refractivity (Wildman–Crippen MR) is 87.0 cm³/mol. The maximum absolute atomic E-state index is 11.8. The molecule has 2 rings (SSSR count). The van der Waals surface area contributed by atoms with Crippen LogP contribution in [0.2, 0.25) is 0 Å². The fourth-order valence-electron chi connectivity index (χ4n) is 1.93. The third kappa shape index (κ3) is 4.47. The molecule has 0 unspecified atom stereocenters. The molecule has 2 aromatic rings. The lowest BCUT2D eigenvalue weighted by molar-refractivity contribution is 0.0697. The molecule has 0 radical (unpaired) electrons. The van der Waals surface area contributed by atoms with Crippen LogP contribution in [0.15, 0.2) is 42.5 Å². The zero-order valence-electron chi connectivity index (χ0n) is 12.9. The highest BCUT2D eigenvalue weighted by Crippen LogP contribution is 2.20. The fraction of sp³-hybridized carbons (Fsp3) is 0.176. The molecule has 0 saturated heterocycles. The summed E-state index contributed by atoms with van der Waals surface area (Å²) in [6.45, 7) is 3.97. The van der Waals surface area contributed by atoms with Crippen LogP contribution in [-0.4, -0.2) is 23.8 Å². The number of hydrogen-bond acceptors (Lipinski definition) is 3. The number of aryl methyl sites for hydroxylation is 1. The highest BCUT2D eigenvalue weighted by molar-refractivity contribution is 5.91. The number of carboxylic acid groups (broad SMARTS) is 1. The third-order valence-corrected chi connectivity index (χ3v) is 3.41. The maximum atomic E-state index is 11.8. The van der Waals surface area contributed by atoms with Gasteiger partial charge in [0.25, 0.3) is 0 Å². The molecule has 0 heterocycles. The minimum Gasteiger partial charge on any atom is -0.478 e. The number of rotatable bonds is 5. The molecule has 2 aromatic carbocycles. The van der Waals surface area contributed by atoms with Crippen molar-refractivity contribution in [2.24, 2.45) is 0 Å². The molecule has 6 heteroatoms. The summed E-state index contributed by atoms with van der Waals surface area (Å²) in [5.41, 5.74) is 2.80.